The van der Waals surface area contributed by atoms with Crippen LogP contribution in [0.3, 0.4) is 0 Å². The largest absolute Gasteiger partial charge is 0.509 e. The minimum Gasteiger partial charge on any atom is -0.428 e. The molecule has 0 heterocycles. The van der Waals surface area contributed by atoms with Crippen molar-refractivity contribution in [2.24, 2.45) is 0 Å². The minimum absolute atomic E-state index is 0.321. The van der Waals surface area contributed by atoms with E-state index in [-0.39, 0.29) is 5.60 Å². The van der Waals surface area contributed by atoms with Crippen molar-refractivity contribution in [2.45, 2.75) is 71.8 Å². The van der Waals surface area contributed by atoms with Gasteiger partial charge in [0.05, 0.1) is 0 Å². The Labute approximate surface area is 99.5 Å². The highest BCUT2D eigenvalue weighted by Crippen LogP contribution is 2.30. The summed E-state index contributed by atoms with van der Waals surface area (Å²) >= 11 is 0. The van der Waals surface area contributed by atoms with Crippen LogP contribution in [-0.2, 0) is 9.47 Å². The highest BCUT2D eigenvalue weighted by atomic mass is 16.7. The van der Waals surface area contributed by atoms with Crippen molar-refractivity contribution in [3.63, 3.8) is 0 Å². The number of ether oxygens (including phenoxy) is 2. The molecule has 0 unspecified atom stereocenters. The van der Waals surface area contributed by atoms with Gasteiger partial charge in [0.1, 0.15) is 12.2 Å². The Hall–Kier alpha value is -0.730. The summed E-state index contributed by atoms with van der Waals surface area (Å²) in [6.45, 7) is 9.36. The molecule has 0 aromatic rings. The summed E-state index contributed by atoms with van der Waals surface area (Å²) in [6.07, 6.45) is 5.21. The van der Waals surface area contributed by atoms with Crippen molar-refractivity contribution < 1.29 is 14.3 Å². The minimum atomic E-state index is -0.571. The molecule has 1 radical (unpaired) electrons. The van der Waals surface area contributed by atoms with Crippen LogP contribution < -0.4 is 0 Å². The van der Waals surface area contributed by atoms with Crippen LogP contribution >= 0.6 is 0 Å². The molecular weight excluding hydrogens is 204 g/mol. The first-order valence-electron chi connectivity index (χ1n) is 6.31. The molecule has 0 aliphatic carbocycles. The second-order valence-electron chi connectivity index (χ2n) is 4.14. The lowest BCUT2D eigenvalue weighted by atomic mass is 9.88. The van der Waals surface area contributed by atoms with Crippen molar-refractivity contribution in [1.82, 2.24) is 0 Å². The molecule has 0 atom stereocenters. The van der Waals surface area contributed by atoms with Crippen LogP contribution in [0.1, 0.15) is 66.2 Å². The fraction of sp³-hybridized carbons (Fsp3) is 0.846. The standard InChI is InChI=1S/C13H25O3/c1-5-9-13(10-6-2,11-7-3)16-12(14)15-8-4/h8H,5-7,9-11H2,1-4H3. The summed E-state index contributed by atoms with van der Waals surface area (Å²) in [7, 11) is 0. The van der Waals surface area contributed by atoms with E-state index in [2.05, 4.69) is 20.8 Å². The highest BCUT2D eigenvalue weighted by molar-refractivity contribution is 5.61. The first-order chi connectivity index (χ1) is 7.64. The normalized spacial score (nSPS) is 11.2. The summed E-state index contributed by atoms with van der Waals surface area (Å²) in [6, 6.07) is 0. The van der Waals surface area contributed by atoms with Gasteiger partial charge in [0.25, 0.3) is 0 Å². The summed E-state index contributed by atoms with van der Waals surface area (Å²) in [4.78, 5) is 11.4. The topological polar surface area (TPSA) is 35.5 Å². The second kappa shape index (κ2) is 8.43. The van der Waals surface area contributed by atoms with Crippen LogP contribution in [0.5, 0.6) is 0 Å². The SMILES string of the molecule is C[CH]OC(=O)OC(CCC)(CCC)CCC. The molecular formula is C13H25O3. The molecule has 3 nitrogen and oxygen atoms in total. The van der Waals surface area contributed by atoms with Gasteiger partial charge in [-0.05, 0) is 26.2 Å². The molecule has 0 spiro atoms. The second-order valence-corrected chi connectivity index (χ2v) is 4.14. The lowest BCUT2D eigenvalue weighted by Crippen LogP contribution is -2.35. The quantitative estimate of drug-likeness (QED) is 0.576. The summed E-state index contributed by atoms with van der Waals surface area (Å²) in [5, 5.41) is 0. The number of carbonyl (C=O) groups excluding carboxylic acids is 1. The van der Waals surface area contributed by atoms with Crippen LogP contribution in [0.25, 0.3) is 0 Å². The van der Waals surface area contributed by atoms with Gasteiger partial charge in [0.2, 0.25) is 0 Å². The van der Waals surface area contributed by atoms with Gasteiger partial charge in [-0.2, -0.15) is 0 Å². The first kappa shape index (κ1) is 15.3. The molecule has 95 valence electrons. The zero-order chi connectivity index (χ0) is 12.4. The van der Waals surface area contributed by atoms with E-state index in [4.69, 9.17) is 9.47 Å². The monoisotopic (exact) mass is 229 g/mol. The van der Waals surface area contributed by atoms with Gasteiger partial charge in [0, 0.05) is 0 Å². The van der Waals surface area contributed by atoms with E-state index in [1.807, 2.05) is 0 Å². The molecule has 0 bridgehead atoms. The lowest BCUT2D eigenvalue weighted by Gasteiger charge is -2.32. The Kier molecular flexibility index (Phi) is 8.04. The van der Waals surface area contributed by atoms with Crippen LogP contribution in [0.4, 0.5) is 4.79 Å². The maximum atomic E-state index is 11.4. The molecule has 0 rings (SSSR count). The van der Waals surface area contributed by atoms with Gasteiger partial charge in [-0.3, -0.25) is 0 Å². The van der Waals surface area contributed by atoms with Gasteiger partial charge < -0.3 is 9.47 Å². The third-order valence-electron chi connectivity index (χ3n) is 2.63. The third-order valence-corrected chi connectivity index (χ3v) is 2.63. The summed E-state index contributed by atoms with van der Waals surface area (Å²) in [5.41, 5.74) is -0.321. The third kappa shape index (κ3) is 5.38. The summed E-state index contributed by atoms with van der Waals surface area (Å²) < 4.78 is 10.3. The average Bonchev–Trinajstić information content (AvgIpc) is 2.18. The predicted octanol–water partition coefficient (Wildman–Crippen LogP) is 4.46. The molecule has 16 heavy (non-hydrogen) atoms. The predicted molar refractivity (Wildman–Crippen MR) is 65.0 cm³/mol. The molecule has 0 aliphatic rings. The van der Waals surface area contributed by atoms with Crippen LogP contribution in [-0.4, -0.2) is 11.8 Å². The Morgan fingerprint density at radius 1 is 1.06 bits per heavy atom. The number of hydrogen-bond acceptors (Lipinski definition) is 3. The lowest BCUT2D eigenvalue weighted by molar-refractivity contribution is -0.0429. The van der Waals surface area contributed by atoms with Gasteiger partial charge in [0.15, 0.2) is 0 Å². The molecule has 0 aromatic carbocycles. The van der Waals surface area contributed by atoms with Gasteiger partial charge in [-0.15, -0.1) is 0 Å². The molecule has 0 N–H and O–H groups in total. The highest BCUT2D eigenvalue weighted by Gasteiger charge is 2.32. The molecule has 0 aromatic heterocycles. The van der Waals surface area contributed by atoms with Crippen molar-refractivity contribution in [2.75, 3.05) is 0 Å². The Balaban J connectivity index is 4.51. The van der Waals surface area contributed by atoms with Crippen molar-refractivity contribution in [3.8, 4) is 0 Å². The van der Waals surface area contributed by atoms with E-state index in [0.29, 0.717) is 0 Å². The molecule has 0 saturated carbocycles. The first-order valence-corrected chi connectivity index (χ1v) is 6.31. The number of carbonyl (C=O) groups is 1. The van der Waals surface area contributed by atoms with Gasteiger partial charge >= 0.3 is 6.16 Å². The Morgan fingerprint density at radius 2 is 1.50 bits per heavy atom. The van der Waals surface area contributed by atoms with Gasteiger partial charge in [-0.25, -0.2) is 4.79 Å². The van der Waals surface area contributed by atoms with E-state index in [0.717, 1.165) is 38.5 Å². The smallest absolute Gasteiger partial charge is 0.428 e. The maximum Gasteiger partial charge on any atom is 0.509 e. The molecule has 0 aliphatic heterocycles. The van der Waals surface area contributed by atoms with Crippen molar-refractivity contribution >= 4 is 6.16 Å². The van der Waals surface area contributed by atoms with Crippen LogP contribution in [0, 0.1) is 6.61 Å². The van der Waals surface area contributed by atoms with E-state index in [1.165, 1.54) is 6.61 Å². The number of rotatable bonds is 8. The molecule has 0 fully saturated rings. The fourth-order valence-corrected chi connectivity index (χ4v) is 2.19. The fourth-order valence-electron chi connectivity index (χ4n) is 2.19. The van der Waals surface area contributed by atoms with Crippen LogP contribution in [0.15, 0.2) is 0 Å². The van der Waals surface area contributed by atoms with Gasteiger partial charge in [-0.1, -0.05) is 40.0 Å². The zero-order valence-corrected chi connectivity index (χ0v) is 11.0. The molecule has 0 amide bonds. The molecule has 0 saturated heterocycles. The van der Waals surface area contributed by atoms with E-state index in [1.54, 1.807) is 6.92 Å². The Bertz CT molecular complexity index is 173. The van der Waals surface area contributed by atoms with Crippen molar-refractivity contribution in [1.29, 1.82) is 0 Å². The van der Waals surface area contributed by atoms with E-state index in [9.17, 15) is 4.79 Å². The van der Waals surface area contributed by atoms with E-state index < -0.39 is 6.16 Å². The Morgan fingerprint density at radius 3 is 1.81 bits per heavy atom. The molecule has 3 heteroatoms. The zero-order valence-electron chi connectivity index (χ0n) is 11.0. The summed E-state index contributed by atoms with van der Waals surface area (Å²) in [5.74, 6) is 0. The number of hydrogen-bond donors (Lipinski definition) is 0. The maximum absolute atomic E-state index is 11.4. The average molecular weight is 229 g/mol. The van der Waals surface area contributed by atoms with E-state index >= 15 is 0 Å². The van der Waals surface area contributed by atoms with Crippen LogP contribution in [0.2, 0.25) is 0 Å². The van der Waals surface area contributed by atoms with Crippen molar-refractivity contribution in [3.05, 3.63) is 6.61 Å².